The van der Waals surface area contributed by atoms with Crippen molar-refractivity contribution in [1.29, 1.82) is 0 Å². The van der Waals surface area contributed by atoms with Gasteiger partial charge in [-0.25, -0.2) is 9.97 Å². The van der Waals surface area contributed by atoms with E-state index in [2.05, 4.69) is 51.4 Å². The molecule has 4 rings (SSSR count). The molecule has 0 bridgehead atoms. The molecule has 1 fully saturated rings. The van der Waals surface area contributed by atoms with Crippen molar-refractivity contribution in [2.45, 2.75) is 45.7 Å². The van der Waals surface area contributed by atoms with Crippen LogP contribution in [0.4, 0.5) is 5.69 Å². The summed E-state index contributed by atoms with van der Waals surface area (Å²) >= 11 is 0. The number of amides is 1. The van der Waals surface area contributed by atoms with Crippen LogP contribution in [-0.4, -0.2) is 28.5 Å². The van der Waals surface area contributed by atoms with E-state index in [1.165, 1.54) is 24.9 Å². The van der Waals surface area contributed by atoms with E-state index >= 15 is 0 Å². The van der Waals surface area contributed by atoms with E-state index in [-0.39, 0.29) is 5.91 Å². The zero-order chi connectivity index (χ0) is 19.5. The fourth-order valence-corrected chi connectivity index (χ4v) is 3.89. The van der Waals surface area contributed by atoms with Gasteiger partial charge in [0.1, 0.15) is 0 Å². The summed E-state index contributed by atoms with van der Waals surface area (Å²) in [6.45, 7) is 5.76. The lowest BCUT2D eigenvalue weighted by Crippen LogP contribution is -2.37. The summed E-state index contributed by atoms with van der Waals surface area (Å²) in [4.78, 5) is 23.8. The number of rotatable bonds is 4. The maximum absolute atomic E-state index is 12.7. The summed E-state index contributed by atoms with van der Waals surface area (Å²) in [5, 5.41) is 3.89. The number of benzene rings is 1. The number of carbonyl (C=O) groups is 1. The second-order valence-electron chi connectivity index (χ2n) is 7.56. The van der Waals surface area contributed by atoms with Gasteiger partial charge in [-0.1, -0.05) is 12.1 Å². The van der Waals surface area contributed by atoms with Crippen molar-refractivity contribution >= 4 is 22.6 Å². The highest BCUT2D eigenvalue weighted by Gasteiger charge is 2.18. The maximum atomic E-state index is 12.7. The molecule has 1 aliphatic heterocycles. The third-order valence-electron chi connectivity index (χ3n) is 5.55. The summed E-state index contributed by atoms with van der Waals surface area (Å²) in [6.07, 6.45) is 5.55. The normalized spacial score (nSPS) is 16.9. The lowest BCUT2D eigenvalue weighted by molar-refractivity contribution is 0.0950. The van der Waals surface area contributed by atoms with Crippen molar-refractivity contribution in [3.05, 3.63) is 65.5 Å². The molecular formula is C23H26N4O. The van der Waals surface area contributed by atoms with E-state index in [0.717, 1.165) is 17.5 Å². The highest BCUT2D eigenvalue weighted by Crippen LogP contribution is 2.24. The number of fused-ring (bicyclic) bond motifs is 1. The van der Waals surface area contributed by atoms with E-state index in [4.69, 9.17) is 0 Å². The molecular weight excluding hydrogens is 348 g/mol. The molecule has 1 saturated heterocycles. The molecule has 3 aromatic rings. The third kappa shape index (κ3) is 3.84. The van der Waals surface area contributed by atoms with Gasteiger partial charge in [-0.3, -0.25) is 4.79 Å². The summed E-state index contributed by atoms with van der Waals surface area (Å²) in [5.41, 5.74) is 4.32. The number of aromatic nitrogens is 2. The molecule has 1 unspecified atom stereocenters. The molecule has 0 saturated carbocycles. The van der Waals surface area contributed by atoms with Crippen LogP contribution in [0.2, 0.25) is 0 Å². The Kier molecular flexibility index (Phi) is 5.24. The van der Waals surface area contributed by atoms with Gasteiger partial charge in [0.25, 0.3) is 5.91 Å². The van der Waals surface area contributed by atoms with Gasteiger partial charge >= 0.3 is 0 Å². The molecule has 1 aromatic carbocycles. The highest BCUT2D eigenvalue weighted by atomic mass is 16.1. The maximum Gasteiger partial charge on any atom is 0.253 e. The minimum atomic E-state index is -0.107. The van der Waals surface area contributed by atoms with Crippen molar-refractivity contribution < 1.29 is 4.79 Å². The van der Waals surface area contributed by atoms with E-state index in [0.29, 0.717) is 29.5 Å². The molecule has 0 aliphatic carbocycles. The van der Waals surface area contributed by atoms with Crippen molar-refractivity contribution in [3.8, 4) is 0 Å². The number of carbonyl (C=O) groups excluding carboxylic acids is 1. The van der Waals surface area contributed by atoms with Crippen LogP contribution in [0, 0.1) is 6.92 Å². The minimum absolute atomic E-state index is 0.107. The fourth-order valence-electron chi connectivity index (χ4n) is 3.89. The smallest absolute Gasteiger partial charge is 0.253 e. The summed E-state index contributed by atoms with van der Waals surface area (Å²) in [6, 6.07) is 14.8. The van der Waals surface area contributed by atoms with Crippen LogP contribution in [0.25, 0.3) is 11.0 Å². The van der Waals surface area contributed by atoms with Crippen LogP contribution in [0.15, 0.2) is 48.7 Å². The quantitative estimate of drug-likeness (QED) is 0.742. The molecule has 1 aliphatic rings. The molecule has 0 radical (unpaired) electrons. The molecule has 5 nitrogen and oxygen atoms in total. The van der Waals surface area contributed by atoms with Gasteiger partial charge in [0.2, 0.25) is 0 Å². The summed E-state index contributed by atoms with van der Waals surface area (Å²) in [7, 11) is 0. The van der Waals surface area contributed by atoms with Crippen LogP contribution < -0.4 is 10.2 Å². The van der Waals surface area contributed by atoms with Gasteiger partial charge in [0, 0.05) is 36.4 Å². The van der Waals surface area contributed by atoms with Gasteiger partial charge in [-0.15, -0.1) is 0 Å². The highest BCUT2D eigenvalue weighted by molar-refractivity contribution is 5.98. The molecule has 1 N–H and O–H groups in total. The molecule has 0 spiro atoms. The van der Waals surface area contributed by atoms with Crippen LogP contribution >= 0.6 is 0 Å². The Labute approximate surface area is 165 Å². The van der Waals surface area contributed by atoms with Crippen LogP contribution in [0.1, 0.15) is 47.8 Å². The van der Waals surface area contributed by atoms with Gasteiger partial charge in [0.05, 0.1) is 11.3 Å². The van der Waals surface area contributed by atoms with E-state index in [1.54, 1.807) is 6.20 Å². The van der Waals surface area contributed by atoms with Crippen LogP contribution in [-0.2, 0) is 6.54 Å². The molecule has 1 atom stereocenters. The van der Waals surface area contributed by atoms with Gasteiger partial charge in [0.15, 0.2) is 5.65 Å². The van der Waals surface area contributed by atoms with Crippen molar-refractivity contribution in [2.24, 2.45) is 0 Å². The first-order valence-corrected chi connectivity index (χ1v) is 9.98. The predicted molar refractivity (Wildman–Crippen MR) is 113 cm³/mol. The summed E-state index contributed by atoms with van der Waals surface area (Å²) < 4.78 is 0. The number of hydrogen-bond donors (Lipinski definition) is 1. The number of nitrogens with zero attached hydrogens (tertiary/aromatic N) is 3. The number of pyridine rings is 2. The zero-order valence-corrected chi connectivity index (χ0v) is 16.5. The molecule has 144 valence electrons. The Morgan fingerprint density at radius 2 is 2.04 bits per heavy atom. The number of nitrogens with one attached hydrogen (secondary N) is 1. The van der Waals surface area contributed by atoms with Crippen LogP contribution in [0.3, 0.4) is 0 Å². The van der Waals surface area contributed by atoms with Gasteiger partial charge in [-0.2, -0.15) is 0 Å². The second-order valence-corrected chi connectivity index (χ2v) is 7.56. The van der Waals surface area contributed by atoms with Crippen molar-refractivity contribution in [3.63, 3.8) is 0 Å². The van der Waals surface area contributed by atoms with Crippen LogP contribution in [0.5, 0.6) is 0 Å². The van der Waals surface area contributed by atoms with Gasteiger partial charge in [-0.05, 0) is 69.0 Å². The number of anilines is 1. The lowest BCUT2D eigenvalue weighted by atomic mass is 10.0. The number of aryl methyl sites for hydroxylation is 1. The molecule has 2 aromatic heterocycles. The first-order chi connectivity index (χ1) is 13.6. The Morgan fingerprint density at radius 3 is 2.82 bits per heavy atom. The van der Waals surface area contributed by atoms with E-state index in [9.17, 15) is 4.79 Å². The third-order valence-corrected chi connectivity index (χ3v) is 5.55. The zero-order valence-electron chi connectivity index (χ0n) is 16.5. The molecule has 28 heavy (non-hydrogen) atoms. The topological polar surface area (TPSA) is 58.1 Å². The number of hydrogen-bond acceptors (Lipinski definition) is 4. The second kappa shape index (κ2) is 7.97. The molecule has 5 heteroatoms. The molecule has 3 heterocycles. The van der Waals surface area contributed by atoms with E-state index in [1.807, 2.05) is 25.1 Å². The standard InChI is InChI=1S/C23H26N4O/c1-16-6-3-4-13-27(16)20-10-8-18(9-11-20)15-25-23(28)21-14-19-7-5-12-24-22(19)26-17(21)2/h5,7-12,14,16H,3-4,6,13,15H2,1-2H3,(H,25,28). The Bertz CT molecular complexity index is 984. The Morgan fingerprint density at radius 1 is 1.21 bits per heavy atom. The first kappa shape index (κ1) is 18.4. The summed E-state index contributed by atoms with van der Waals surface area (Å²) in [5.74, 6) is -0.107. The van der Waals surface area contributed by atoms with Gasteiger partial charge < -0.3 is 10.2 Å². The SMILES string of the molecule is Cc1nc2ncccc2cc1C(=O)NCc1ccc(N2CCCCC2C)cc1. The monoisotopic (exact) mass is 374 g/mol. The average molecular weight is 374 g/mol. The predicted octanol–water partition coefficient (Wildman–Crippen LogP) is 4.25. The fraction of sp³-hybridized carbons (Fsp3) is 0.348. The largest absolute Gasteiger partial charge is 0.369 e. The number of piperidine rings is 1. The molecule has 1 amide bonds. The van der Waals surface area contributed by atoms with E-state index < -0.39 is 0 Å². The first-order valence-electron chi connectivity index (χ1n) is 9.98. The van der Waals surface area contributed by atoms with Crippen molar-refractivity contribution in [1.82, 2.24) is 15.3 Å². The lowest BCUT2D eigenvalue weighted by Gasteiger charge is -2.35. The van der Waals surface area contributed by atoms with Crippen molar-refractivity contribution in [2.75, 3.05) is 11.4 Å². The Balaban J connectivity index is 1.43. The minimum Gasteiger partial charge on any atom is -0.369 e. The average Bonchev–Trinajstić information content (AvgIpc) is 2.72. The Hall–Kier alpha value is -2.95.